The monoisotopic (exact) mass is 727 g/mol. The normalized spacial score (nSPS) is 14.7. The number of rotatable bonds is 36. The van der Waals surface area contributed by atoms with Crippen molar-refractivity contribution in [1.29, 1.82) is 0 Å². The van der Waals surface area contributed by atoms with Crippen LogP contribution in [-0.2, 0) is 34.5 Å². The Labute approximate surface area is 310 Å². The number of methoxy groups -OCH3 is 1. The van der Waals surface area contributed by atoms with Crippen LogP contribution in [0.1, 0.15) is 142 Å². The quantitative estimate of drug-likeness (QED) is 0.0274. The molecule has 9 heteroatoms. The van der Waals surface area contributed by atoms with Crippen LogP contribution in [0.15, 0.2) is 24.3 Å². The number of allylic oxidation sites excluding steroid dienone is 4. The van der Waals surface area contributed by atoms with E-state index in [0.717, 1.165) is 121 Å². The molecule has 294 valence electrons. The Morgan fingerprint density at radius 3 is 1.76 bits per heavy atom. The molecular weight excluding hydrogens is 649 g/mol. The van der Waals surface area contributed by atoms with Crippen LogP contribution in [0.2, 0.25) is 0 Å². The van der Waals surface area contributed by atoms with E-state index in [4.69, 9.17) is 18.9 Å². The van der Waals surface area contributed by atoms with Crippen molar-refractivity contribution in [3.8, 4) is 0 Å². The molecule has 0 unspecified atom stereocenters. The maximum Gasteiger partial charge on any atom is 0.305 e. The molecule has 1 fully saturated rings. The predicted molar refractivity (Wildman–Crippen MR) is 211 cm³/mol. The fraction of sp³-hybridized carbons (Fsp3) is 0.878. The van der Waals surface area contributed by atoms with Gasteiger partial charge in [0, 0.05) is 81.8 Å². The first-order valence-electron chi connectivity index (χ1n) is 20.6. The van der Waals surface area contributed by atoms with Gasteiger partial charge in [-0.25, -0.2) is 0 Å². The molecule has 0 radical (unpaired) electrons. The van der Waals surface area contributed by atoms with Crippen molar-refractivity contribution in [1.82, 2.24) is 9.80 Å². The lowest BCUT2D eigenvalue weighted by Crippen LogP contribution is -2.42. The highest BCUT2D eigenvalue weighted by Gasteiger charge is 2.16. The Morgan fingerprint density at radius 1 is 0.680 bits per heavy atom. The van der Waals surface area contributed by atoms with Gasteiger partial charge in [0.15, 0.2) is 6.29 Å². The first-order chi connectivity index (χ1) is 24.6. The first kappa shape index (κ1) is 46.9. The maximum absolute atomic E-state index is 12.5. The number of nitrogens with zero attached hydrogens (tertiary/aromatic N) is 2. The molecule has 0 aromatic carbocycles. The van der Waals surface area contributed by atoms with Gasteiger partial charge < -0.3 is 28.7 Å². The molecule has 0 bridgehead atoms. The standard InChI is InChI=1S/C41H78N2O6S/c1-4-6-8-10-17-24-36-48-41(49-37-25-18-11-9-7-5-2)27-26-40(44)47-35-23-19-13-15-21-29-42(28-20-14-12-16-22-34-46-3)30-31-43-32-38-50(45)39-33-43/h6-9,41H,4-5,10-39H2,1-3H3/b8-6-,9-7-. The molecule has 50 heavy (non-hydrogen) atoms. The summed E-state index contributed by atoms with van der Waals surface area (Å²) >= 11 is 0. The van der Waals surface area contributed by atoms with Crippen molar-refractivity contribution >= 4 is 16.8 Å². The lowest BCUT2D eigenvalue weighted by molar-refractivity contribution is -0.159. The second-order valence-corrected chi connectivity index (χ2v) is 15.4. The highest BCUT2D eigenvalue weighted by molar-refractivity contribution is 7.85. The Balaban J connectivity index is 2.25. The second kappa shape index (κ2) is 36.3. The van der Waals surface area contributed by atoms with Gasteiger partial charge in [0.25, 0.3) is 0 Å². The van der Waals surface area contributed by atoms with Gasteiger partial charge in [0.05, 0.1) is 13.0 Å². The number of unbranched alkanes of at least 4 members (excludes halogenated alkanes) is 12. The smallest absolute Gasteiger partial charge is 0.305 e. The summed E-state index contributed by atoms with van der Waals surface area (Å²) in [5.74, 6) is 1.51. The summed E-state index contributed by atoms with van der Waals surface area (Å²) in [6, 6.07) is 0. The van der Waals surface area contributed by atoms with Gasteiger partial charge in [-0.15, -0.1) is 0 Å². The van der Waals surface area contributed by atoms with Crippen molar-refractivity contribution < 1.29 is 28.0 Å². The number of carbonyl (C=O) groups is 1. The molecule has 0 aliphatic carbocycles. The lowest BCUT2D eigenvalue weighted by Gasteiger charge is -2.30. The molecule has 0 atom stereocenters. The summed E-state index contributed by atoms with van der Waals surface area (Å²) in [5.41, 5.74) is 0. The molecule has 0 N–H and O–H groups in total. The third-order valence-electron chi connectivity index (χ3n) is 9.23. The zero-order valence-electron chi connectivity index (χ0n) is 32.8. The predicted octanol–water partition coefficient (Wildman–Crippen LogP) is 8.86. The minimum absolute atomic E-state index is 0.147. The SMILES string of the molecule is CC/C=C\CCCCOC(CCC(=O)OCCCCCCCN(CCCCCCCOC)CCN1CCS(=O)CC1)OCCCC/C=C\CC. The van der Waals surface area contributed by atoms with Crippen LogP contribution in [0.25, 0.3) is 0 Å². The van der Waals surface area contributed by atoms with E-state index in [2.05, 4.69) is 48.0 Å². The van der Waals surface area contributed by atoms with E-state index in [0.29, 0.717) is 32.7 Å². The number of esters is 1. The van der Waals surface area contributed by atoms with Crippen molar-refractivity contribution in [3.63, 3.8) is 0 Å². The molecule has 0 saturated carbocycles. The van der Waals surface area contributed by atoms with E-state index in [9.17, 15) is 9.00 Å². The largest absolute Gasteiger partial charge is 0.466 e. The van der Waals surface area contributed by atoms with Gasteiger partial charge in [-0.05, 0) is 90.1 Å². The molecule has 0 spiro atoms. The Bertz CT molecular complexity index is 808. The number of hydrogen-bond acceptors (Lipinski definition) is 8. The number of ether oxygens (including phenoxy) is 4. The molecule has 1 rings (SSSR count). The van der Waals surface area contributed by atoms with Crippen LogP contribution in [0, 0.1) is 0 Å². The number of carbonyl (C=O) groups excluding carboxylic acids is 1. The summed E-state index contributed by atoms with van der Waals surface area (Å²) < 4.78 is 34.6. The Hall–Kier alpha value is -1.10. The van der Waals surface area contributed by atoms with Crippen LogP contribution in [-0.4, -0.2) is 111 Å². The van der Waals surface area contributed by atoms with Crippen LogP contribution in [0.3, 0.4) is 0 Å². The third-order valence-corrected chi connectivity index (χ3v) is 10.5. The molecular formula is C41H78N2O6S. The Morgan fingerprint density at radius 2 is 1.20 bits per heavy atom. The van der Waals surface area contributed by atoms with Crippen LogP contribution in [0.5, 0.6) is 0 Å². The summed E-state index contributed by atoms with van der Waals surface area (Å²) in [7, 11) is 1.17. The van der Waals surface area contributed by atoms with Gasteiger partial charge in [0.1, 0.15) is 0 Å². The third kappa shape index (κ3) is 30.5. The van der Waals surface area contributed by atoms with Crippen LogP contribution >= 0.6 is 0 Å². The molecule has 8 nitrogen and oxygen atoms in total. The number of hydrogen-bond donors (Lipinski definition) is 0. The van der Waals surface area contributed by atoms with E-state index < -0.39 is 10.8 Å². The molecule has 1 aliphatic rings. The van der Waals surface area contributed by atoms with Crippen molar-refractivity contribution in [2.45, 2.75) is 149 Å². The molecule has 1 saturated heterocycles. The first-order valence-corrected chi connectivity index (χ1v) is 22.0. The Kier molecular flexibility index (Phi) is 34.0. The van der Waals surface area contributed by atoms with Gasteiger partial charge in [-0.2, -0.15) is 0 Å². The fourth-order valence-corrected chi connectivity index (χ4v) is 7.16. The average Bonchev–Trinajstić information content (AvgIpc) is 3.12. The van der Waals surface area contributed by atoms with E-state index in [1.165, 1.54) is 51.5 Å². The summed E-state index contributed by atoms with van der Waals surface area (Å²) in [6.07, 6.45) is 29.8. The minimum Gasteiger partial charge on any atom is -0.466 e. The van der Waals surface area contributed by atoms with Gasteiger partial charge >= 0.3 is 5.97 Å². The van der Waals surface area contributed by atoms with Gasteiger partial charge in [0.2, 0.25) is 0 Å². The molecule has 0 aromatic heterocycles. The van der Waals surface area contributed by atoms with Crippen molar-refractivity contribution in [3.05, 3.63) is 24.3 Å². The van der Waals surface area contributed by atoms with Crippen LogP contribution < -0.4 is 0 Å². The lowest BCUT2D eigenvalue weighted by atomic mass is 10.1. The maximum atomic E-state index is 12.5. The molecule has 1 aliphatic heterocycles. The minimum atomic E-state index is -0.612. The highest BCUT2D eigenvalue weighted by Crippen LogP contribution is 2.12. The van der Waals surface area contributed by atoms with E-state index in [1.54, 1.807) is 7.11 Å². The van der Waals surface area contributed by atoms with Gasteiger partial charge in [-0.1, -0.05) is 76.7 Å². The summed E-state index contributed by atoms with van der Waals surface area (Å²) in [5, 5.41) is 0. The molecule has 0 aromatic rings. The van der Waals surface area contributed by atoms with Gasteiger partial charge in [-0.3, -0.25) is 9.00 Å². The van der Waals surface area contributed by atoms with E-state index in [-0.39, 0.29) is 12.3 Å². The summed E-state index contributed by atoms with van der Waals surface area (Å²) in [6.45, 7) is 13.5. The topological polar surface area (TPSA) is 77.5 Å². The van der Waals surface area contributed by atoms with Crippen molar-refractivity contribution in [2.24, 2.45) is 0 Å². The highest BCUT2D eigenvalue weighted by atomic mass is 32.2. The average molecular weight is 727 g/mol. The zero-order valence-corrected chi connectivity index (χ0v) is 33.6. The molecule has 0 amide bonds. The molecule has 1 heterocycles. The van der Waals surface area contributed by atoms with E-state index >= 15 is 0 Å². The van der Waals surface area contributed by atoms with E-state index in [1.807, 2.05) is 0 Å². The zero-order chi connectivity index (χ0) is 36.2. The van der Waals surface area contributed by atoms with Crippen LogP contribution in [0.4, 0.5) is 0 Å². The van der Waals surface area contributed by atoms with Crippen molar-refractivity contribution in [2.75, 3.05) is 84.3 Å². The fourth-order valence-electron chi connectivity index (χ4n) is 6.03. The summed E-state index contributed by atoms with van der Waals surface area (Å²) in [4.78, 5) is 17.6. The second-order valence-electron chi connectivity index (χ2n) is 13.7.